The molecule has 0 atom stereocenters. The summed E-state index contributed by atoms with van der Waals surface area (Å²) in [6, 6.07) is 8.53. The van der Waals surface area contributed by atoms with Gasteiger partial charge in [-0.15, -0.1) is 0 Å². The molecule has 0 radical (unpaired) electrons. The highest BCUT2D eigenvalue weighted by molar-refractivity contribution is 5.88. The summed E-state index contributed by atoms with van der Waals surface area (Å²) in [6.45, 7) is 3.76. The first kappa shape index (κ1) is 19.4. The van der Waals surface area contributed by atoms with Crippen molar-refractivity contribution in [2.75, 3.05) is 31.6 Å². The fourth-order valence-electron chi connectivity index (χ4n) is 4.02. The number of aromatic nitrogens is 3. The maximum Gasteiger partial charge on any atom is 0.341 e. The molecule has 3 aromatic rings. The smallest absolute Gasteiger partial charge is 0.341 e. The van der Waals surface area contributed by atoms with Crippen molar-refractivity contribution in [1.29, 1.82) is 0 Å². The number of nitrogens with one attached hydrogen (secondary N) is 1. The van der Waals surface area contributed by atoms with Crippen molar-refractivity contribution in [1.82, 2.24) is 19.9 Å². The van der Waals surface area contributed by atoms with Crippen molar-refractivity contribution < 1.29 is 9.53 Å². The summed E-state index contributed by atoms with van der Waals surface area (Å²) in [7, 11) is 3.46. The molecule has 4 rings (SSSR count). The lowest BCUT2D eigenvalue weighted by atomic mass is 9.97. The largest absolute Gasteiger partial charge is 0.465 e. The van der Waals surface area contributed by atoms with Crippen LogP contribution in [0.4, 0.5) is 5.95 Å². The van der Waals surface area contributed by atoms with Gasteiger partial charge in [-0.05, 0) is 36.9 Å². The molecule has 3 heterocycles. The second kappa shape index (κ2) is 8.61. The molecule has 1 saturated heterocycles. The number of hydrogen-bond donors (Lipinski definition) is 1. The third kappa shape index (κ3) is 4.24. The van der Waals surface area contributed by atoms with Crippen molar-refractivity contribution in [3.63, 3.8) is 0 Å². The van der Waals surface area contributed by atoms with Gasteiger partial charge < -0.3 is 19.5 Å². The molecule has 0 spiro atoms. The Morgan fingerprint density at radius 1 is 1.21 bits per heavy atom. The Morgan fingerprint density at radius 3 is 2.66 bits per heavy atom. The van der Waals surface area contributed by atoms with Crippen LogP contribution in [-0.4, -0.2) is 47.2 Å². The summed E-state index contributed by atoms with van der Waals surface area (Å²) in [5.74, 6) is 0.919. The van der Waals surface area contributed by atoms with E-state index in [9.17, 15) is 4.79 Å². The molecule has 7 nitrogen and oxygen atoms in total. The first-order chi connectivity index (χ1) is 14.2. The van der Waals surface area contributed by atoms with E-state index >= 15 is 0 Å². The summed E-state index contributed by atoms with van der Waals surface area (Å²) in [5, 5.41) is 4.97. The summed E-state index contributed by atoms with van der Waals surface area (Å²) >= 11 is 0. The molecule has 2 aromatic heterocycles. The Hall–Kier alpha value is -2.93. The predicted molar refractivity (Wildman–Crippen MR) is 113 cm³/mol. The monoisotopic (exact) mass is 393 g/mol. The van der Waals surface area contributed by atoms with Crippen LogP contribution in [0, 0.1) is 5.92 Å². The van der Waals surface area contributed by atoms with Gasteiger partial charge in [0.1, 0.15) is 0 Å². The van der Waals surface area contributed by atoms with Crippen LogP contribution in [0.5, 0.6) is 0 Å². The van der Waals surface area contributed by atoms with E-state index in [1.807, 2.05) is 0 Å². The van der Waals surface area contributed by atoms with Crippen LogP contribution in [0.15, 0.2) is 42.9 Å². The summed E-state index contributed by atoms with van der Waals surface area (Å²) in [6.07, 6.45) is 7.49. The van der Waals surface area contributed by atoms with Crippen LogP contribution in [-0.2, 0) is 18.3 Å². The van der Waals surface area contributed by atoms with Crippen molar-refractivity contribution >= 4 is 22.8 Å². The van der Waals surface area contributed by atoms with Crippen molar-refractivity contribution in [3.05, 3.63) is 54.0 Å². The van der Waals surface area contributed by atoms with Gasteiger partial charge in [0, 0.05) is 56.2 Å². The number of nitrogens with zero attached hydrogens (tertiary/aromatic N) is 4. The molecule has 1 aromatic carbocycles. The molecule has 0 bridgehead atoms. The SMILES string of the molecule is COC(=O)c1cnc(N2CCC(CNCc3cn(C)c4ccccc34)CC2)nc1. The zero-order valence-corrected chi connectivity index (χ0v) is 17.0. The number of fused-ring (bicyclic) bond motifs is 1. The number of anilines is 1. The number of aryl methyl sites for hydroxylation is 1. The average molecular weight is 393 g/mol. The van der Waals surface area contributed by atoms with Gasteiger partial charge >= 0.3 is 5.97 Å². The Labute approximate surface area is 170 Å². The van der Waals surface area contributed by atoms with Crippen LogP contribution in [0.3, 0.4) is 0 Å². The minimum absolute atomic E-state index is 0.378. The number of ether oxygens (including phenoxy) is 1. The van der Waals surface area contributed by atoms with Gasteiger partial charge in [-0.2, -0.15) is 0 Å². The predicted octanol–water partition coefficient (Wildman–Crippen LogP) is 2.76. The fourth-order valence-corrected chi connectivity index (χ4v) is 4.02. The molecule has 1 aliphatic rings. The summed E-state index contributed by atoms with van der Waals surface area (Å²) in [5.41, 5.74) is 3.00. The van der Waals surface area contributed by atoms with Crippen LogP contribution >= 0.6 is 0 Å². The van der Waals surface area contributed by atoms with Gasteiger partial charge in [-0.1, -0.05) is 18.2 Å². The molecule has 0 unspecified atom stereocenters. The van der Waals surface area contributed by atoms with Gasteiger partial charge in [-0.3, -0.25) is 0 Å². The highest BCUT2D eigenvalue weighted by Gasteiger charge is 2.21. The number of carbonyl (C=O) groups is 1. The minimum atomic E-state index is -0.410. The number of piperidine rings is 1. The molecule has 0 amide bonds. The Bertz CT molecular complexity index is 975. The zero-order chi connectivity index (χ0) is 20.2. The van der Waals surface area contributed by atoms with E-state index in [-0.39, 0.29) is 0 Å². The van der Waals surface area contributed by atoms with E-state index < -0.39 is 5.97 Å². The van der Waals surface area contributed by atoms with Crippen LogP contribution in [0.2, 0.25) is 0 Å². The zero-order valence-electron chi connectivity index (χ0n) is 17.0. The second-order valence-corrected chi connectivity index (χ2v) is 7.61. The van der Waals surface area contributed by atoms with E-state index in [1.54, 1.807) is 0 Å². The number of carbonyl (C=O) groups excluding carboxylic acids is 1. The highest BCUT2D eigenvalue weighted by Crippen LogP contribution is 2.22. The Kier molecular flexibility index (Phi) is 5.76. The minimum Gasteiger partial charge on any atom is -0.465 e. The number of rotatable bonds is 6. The van der Waals surface area contributed by atoms with Crippen molar-refractivity contribution in [2.45, 2.75) is 19.4 Å². The number of hydrogen-bond acceptors (Lipinski definition) is 6. The molecule has 1 aliphatic heterocycles. The molecule has 1 fully saturated rings. The molecular formula is C22H27N5O2. The lowest BCUT2D eigenvalue weighted by Crippen LogP contribution is -2.38. The molecule has 152 valence electrons. The Balaban J connectivity index is 1.26. The molecule has 0 saturated carbocycles. The number of benzene rings is 1. The third-order valence-corrected chi connectivity index (χ3v) is 5.68. The van der Waals surface area contributed by atoms with Gasteiger partial charge in [0.2, 0.25) is 5.95 Å². The average Bonchev–Trinajstić information content (AvgIpc) is 3.10. The molecule has 29 heavy (non-hydrogen) atoms. The van der Waals surface area contributed by atoms with Crippen molar-refractivity contribution in [3.8, 4) is 0 Å². The van der Waals surface area contributed by atoms with Crippen LogP contribution < -0.4 is 10.2 Å². The first-order valence-corrected chi connectivity index (χ1v) is 10.0. The quantitative estimate of drug-likeness (QED) is 0.650. The normalized spacial score (nSPS) is 15.0. The van der Waals surface area contributed by atoms with Gasteiger partial charge in [0.25, 0.3) is 0 Å². The lowest BCUT2D eigenvalue weighted by molar-refractivity contribution is 0.0600. The Morgan fingerprint density at radius 2 is 1.93 bits per heavy atom. The van der Waals surface area contributed by atoms with Gasteiger partial charge in [0.15, 0.2) is 0 Å². The van der Waals surface area contributed by atoms with E-state index in [2.05, 4.69) is 67.0 Å². The molecular weight excluding hydrogens is 366 g/mol. The first-order valence-electron chi connectivity index (χ1n) is 10.0. The van der Waals surface area contributed by atoms with Crippen molar-refractivity contribution in [2.24, 2.45) is 13.0 Å². The molecule has 1 N–H and O–H groups in total. The molecule has 0 aliphatic carbocycles. The van der Waals surface area contributed by atoms with E-state index in [0.717, 1.165) is 39.0 Å². The number of para-hydroxylation sites is 1. The van der Waals surface area contributed by atoms with E-state index in [4.69, 9.17) is 0 Å². The van der Waals surface area contributed by atoms with E-state index in [1.165, 1.54) is 36.0 Å². The lowest BCUT2D eigenvalue weighted by Gasteiger charge is -2.32. The topological polar surface area (TPSA) is 72.3 Å². The number of methoxy groups -OCH3 is 1. The van der Waals surface area contributed by atoms with Crippen LogP contribution in [0.25, 0.3) is 10.9 Å². The second-order valence-electron chi connectivity index (χ2n) is 7.61. The number of esters is 1. The summed E-state index contributed by atoms with van der Waals surface area (Å²) in [4.78, 5) is 22.3. The van der Waals surface area contributed by atoms with Crippen LogP contribution in [0.1, 0.15) is 28.8 Å². The fraction of sp³-hybridized carbons (Fsp3) is 0.409. The van der Waals surface area contributed by atoms with E-state index in [0.29, 0.717) is 17.4 Å². The molecule has 7 heteroatoms. The highest BCUT2D eigenvalue weighted by atomic mass is 16.5. The van der Waals surface area contributed by atoms with Gasteiger partial charge in [-0.25, -0.2) is 14.8 Å². The maximum atomic E-state index is 11.5. The third-order valence-electron chi connectivity index (χ3n) is 5.68. The van der Waals surface area contributed by atoms with Gasteiger partial charge in [0.05, 0.1) is 12.7 Å². The maximum absolute atomic E-state index is 11.5. The standard InChI is InChI=1S/C22H27N5O2/c1-26-15-18(19-5-3-4-6-20(19)26)12-23-11-16-7-9-27(10-8-16)22-24-13-17(14-25-22)21(28)29-2/h3-6,13-16,23H,7-12H2,1-2H3. The summed E-state index contributed by atoms with van der Waals surface area (Å²) < 4.78 is 6.88.